The maximum Gasteiger partial charge on any atom is 0.325 e. The average molecular weight is 286 g/mol. The summed E-state index contributed by atoms with van der Waals surface area (Å²) < 4.78 is 5.90. The molecule has 1 aromatic rings. The summed E-state index contributed by atoms with van der Waals surface area (Å²) in [5.41, 5.74) is 2.16. The molecule has 0 fully saturated rings. The van der Waals surface area contributed by atoms with E-state index >= 15 is 0 Å². The molecule has 0 aliphatic heterocycles. The third kappa shape index (κ3) is 3.85. The number of halogens is 1. The number of hydrogen-bond donors (Lipinski definition) is 1. The lowest BCUT2D eigenvalue weighted by atomic mass is 10.1. The quantitative estimate of drug-likeness (QED) is 0.846. The van der Waals surface area contributed by atoms with Crippen molar-refractivity contribution in [3.05, 3.63) is 28.2 Å². The van der Waals surface area contributed by atoms with Crippen molar-refractivity contribution in [1.29, 1.82) is 0 Å². The monoisotopic (exact) mass is 285 g/mol. The molecule has 0 radical (unpaired) electrons. The minimum Gasteiger partial charge on any atom is -0.465 e. The Bertz CT molecular complexity index is 366. The van der Waals surface area contributed by atoms with Gasteiger partial charge in [-0.1, -0.05) is 22.9 Å². The van der Waals surface area contributed by atoms with Gasteiger partial charge < -0.3 is 10.1 Å². The molecule has 3 nitrogen and oxygen atoms in total. The van der Waals surface area contributed by atoms with Crippen molar-refractivity contribution in [3.8, 4) is 0 Å². The summed E-state index contributed by atoms with van der Waals surface area (Å²) in [6, 6.07) is 5.96. The van der Waals surface area contributed by atoms with E-state index in [9.17, 15) is 4.79 Å². The van der Waals surface area contributed by atoms with Gasteiger partial charge in [0.2, 0.25) is 0 Å². The summed E-state index contributed by atoms with van der Waals surface area (Å²) in [5, 5.41) is 3.08. The number of rotatable bonds is 5. The number of esters is 1. The predicted octanol–water partition coefficient (Wildman–Crippen LogP) is 2.99. The van der Waals surface area contributed by atoms with E-state index < -0.39 is 0 Å². The van der Waals surface area contributed by atoms with Gasteiger partial charge in [0, 0.05) is 10.2 Å². The molecule has 0 saturated carbocycles. The zero-order valence-electron chi connectivity index (χ0n) is 9.55. The summed E-state index contributed by atoms with van der Waals surface area (Å²) in [6.07, 6.45) is 0.921. The Kier molecular flexibility index (Phi) is 5.32. The van der Waals surface area contributed by atoms with Gasteiger partial charge in [-0.3, -0.25) is 4.79 Å². The lowest BCUT2D eigenvalue weighted by molar-refractivity contribution is -0.140. The van der Waals surface area contributed by atoms with Gasteiger partial charge in [-0.25, -0.2) is 0 Å². The molecule has 16 heavy (non-hydrogen) atoms. The average Bonchev–Trinajstić information content (AvgIpc) is 2.27. The van der Waals surface area contributed by atoms with Crippen LogP contribution in [0, 0.1) is 0 Å². The number of nitrogens with one attached hydrogen (secondary N) is 1. The van der Waals surface area contributed by atoms with E-state index in [1.54, 1.807) is 6.92 Å². The van der Waals surface area contributed by atoms with Crippen LogP contribution in [0.5, 0.6) is 0 Å². The molecule has 0 unspecified atom stereocenters. The fourth-order valence-corrected chi connectivity index (χ4v) is 1.82. The van der Waals surface area contributed by atoms with Gasteiger partial charge >= 0.3 is 5.97 Å². The third-order valence-corrected chi connectivity index (χ3v) is 2.67. The van der Waals surface area contributed by atoms with Crippen LogP contribution in [0.3, 0.4) is 0 Å². The van der Waals surface area contributed by atoms with Gasteiger partial charge in [0.1, 0.15) is 6.54 Å². The molecule has 0 atom stereocenters. The van der Waals surface area contributed by atoms with E-state index in [-0.39, 0.29) is 12.5 Å². The maximum absolute atomic E-state index is 11.2. The molecule has 1 aromatic carbocycles. The van der Waals surface area contributed by atoms with Crippen LogP contribution in [0.15, 0.2) is 22.7 Å². The van der Waals surface area contributed by atoms with Crippen LogP contribution in [-0.2, 0) is 16.0 Å². The third-order valence-electron chi connectivity index (χ3n) is 2.18. The summed E-state index contributed by atoms with van der Waals surface area (Å²) in [5.74, 6) is -0.229. The van der Waals surface area contributed by atoms with Crippen molar-refractivity contribution in [1.82, 2.24) is 0 Å². The number of carbonyl (C=O) groups is 1. The molecular weight excluding hydrogens is 270 g/mol. The van der Waals surface area contributed by atoms with Crippen molar-refractivity contribution < 1.29 is 9.53 Å². The number of carbonyl (C=O) groups excluding carboxylic acids is 1. The van der Waals surface area contributed by atoms with E-state index in [1.165, 1.54) is 5.56 Å². The fraction of sp³-hybridized carbons (Fsp3) is 0.417. The Morgan fingerprint density at radius 2 is 2.19 bits per heavy atom. The summed E-state index contributed by atoms with van der Waals surface area (Å²) in [4.78, 5) is 11.2. The minimum atomic E-state index is -0.229. The summed E-state index contributed by atoms with van der Waals surface area (Å²) >= 11 is 3.42. The lowest BCUT2D eigenvalue weighted by Gasteiger charge is -2.10. The van der Waals surface area contributed by atoms with E-state index in [0.717, 1.165) is 16.6 Å². The predicted molar refractivity (Wildman–Crippen MR) is 68.6 cm³/mol. The van der Waals surface area contributed by atoms with Crippen LogP contribution >= 0.6 is 15.9 Å². The van der Waals surface area contributed by atoms with Crippen molar-refractivity contribution in [3.63, 3.8) is 0 Å². The van der Waals surface area contributed by atoms with E-state index in [4.69, 9.17) is 4.74 Å². The Morgan fingerprint density at radius 3 is 2.81 bits per heavy atom. The second kappa shape index (κ2) is 6.53. The van der Waals surface area contributed by atoms with Gasteiger partial charge in [-0.2, -0.15) is 0 Å². The summed E-state index contributed by atoms with van der Waals surface area (Å²) in [7, 11) is 0. The molecule has 0 aliphatic carbocycles. The molecule has 88 valence electrons. The van der Waals surface area contributed by atoms with Gasteiger partial charge in [0.25, 0.3) is 0 Å². The number of hydrogen-bond acceptors (Lipinski definition) is 3. The van der Waals surface area contributed by atoms with Crippen molar-refractivity contribution in [2.75, 3.05) is 18.5 Å². The second-order valence-corrected chi connectivity index (χ2v) is 4.23. The maximum atomic E-state index is 11.2. The first-order chi connectivity index (χ1) is 7.67. The molecule has 0 aromatic heterocycles. The first-order valence-electron chi connectivity index (χ1n) is 5.35. The molecule has 0 heterocycles. The Balaban J connectivity index is 2.63. The largest absolute Gasteiger partial charge is 0.465 e. The number of ether oxygens (including phenoxy) is 1. The van der Waals surface area contributed by atoms with Crippen LogP contribution in [0.1, 0.15) is 19.4 Å². The highest BCUT2D eigenvalue weighted by atomic mass is 79.9. The van der Waals surface area contributed by atoms with E-state index in [0.29, 0.717) is 6.61 Å². The standard InChI is InChI=1S/C12H16BrNO2/c1-3-9-7-10(13)5-6-11(9)14-8-12(15)16-4-2/h5-7,14H,3-4,8H2,1-2H3. The Labute approximate surface area is 104 Å². The van der Waals surface area contributed by atoms with Crippen LogP contribution in [-0.4, -0.2) is 19.1 Å². The molecule has 0 saturated heterocycles. The van der Waals surface area contributed by atoms with Gasteiger partial charge in [0.05, 0.1) is 6.61 Å². The molecule has 1 rings (SSSR count). The molecule has 1 N–H and O–H groups in total. The van der Waals surface area contributed by atoms with Gasteiger partial charge in [-0.15, -0.1) is 0 Å². The molecule has 0 bridgehead atoms. The molecule has 0 aliphatic rings. The minimum absolute atomic E-state index is 0.211. The van der Waals surface area contributed by atoms with E-state index in [2.05, 4.69) is 28.2 Å². The topological polar surface area (TPSA) is 38.3 Å². The number of aryl methyl sites for hydroxylation is 1. The first kappa shape index (κ1) is 13.0. The van der Waals surface area contributed by atoms with Crippen molar-refractivity contribution in [2.24, 2.45) is 0 Å². The molecule has 0 amide bonds. The Morgan fingerprint density at radius 1 is 1.44 bits per heavy atom. The Hall–Kier alpha value is -1.03. The van der Waals surface area contributed by atoms with Gasteiger partial charge in [0.15, 0.2) is 0 Å². The van der Waals surface area contributed by atoms with Crippen LogP contribution in [0.2, 0.25) is 0 Å². The highest BCUT2D eigenvalue weighted by Gasteiger charge is 2.04. The zero-order valence-corrected chi connectivity index (χ0v) is 11.1. The van der Waals surface area contributed by atoms with Crippen molar-refractivity contribution in [2.45, 2.75) is 20.3 Å². The fourth-order valence-electron chi connectivity index (χ4n) is 1.41. The second-order valence-electron chi connectivity index (χ2n) is 3.31. The smallest absolute Gasteiger partial charge is 0.325 e. The molecule has 0 spiro atoms. The van der Waals surface area contributed by atoms with Crippen LogP contribution < -0.4 is 5.32 Å². The molecule has 4 heteroatoms. The number of anilines is 1. The summed E-state index contributed by atoms with van der Waals surface area (Å²) in [6.45, 7) is 4.51. The lowest BCUT2D eigenvalue weighted by Crippen LogP contribution is -2.17. The highest BCUT2D eigenvalue weighted by molar-refractivity contribution is 9.10. The van der Waals surface area contributed by atoms with E-state index in [1.807, 2.05) is 18.2 Å². The highest BCUT2D eigenvalue weighted by Crippen LogP contribution is 2.21. The number of benzene rings is 1. The SMILES string of the molecule is CCOC(=O)CNc1ccc(Br)cc1CC. The molecular formula is C12H16BrNO2. The van der Waals surface area contributed by atoms with Crippen LogP contribution in [0.4, 0.5) is 5.69 Å². The first-order valence-corrected chi connectivity index (χ1v) is 6.14. The van der Waals surface area contributed by atoms with Gasteiger partial charge in [-0.05, 0) is 37.1 Å². The normalized spacial score (nSPS) is 9.94. The zero-order chi connectivity index (χ0) is 12.0. The van der Waals surface area contributed by atoms with Crippen molar-refractivity contribution >= 4 is 27.6 Å². The van der Waals surface area contributed by atoms with Crippen LogP contribution in [0.25, 0.3) is 0 Å².